The van der Waals surface area contributed by atoms with Gasteiger partial charge >= 0.3 is 0 Å². The monoisotopic (exact) mass is 340 g/mol. The maximum atomic E-state index is 5.36. The molecule has 0 aliphatic heterocycles. The summed E-state index contributed by atoms with van der Waals surface area (Å²) in [6.45, 7) is 2.77. The van der Waals surface area contributed by atoms with Crippen molar-refractivity contribution in [3.05, 3.63) is 35.0 Å². The molecular weight excluding hydrogens is 320 g/mol. The van der Waals surface area contributed by atoms with Gasteiger partial charge in [0.1, 0.15) is 10.6 Å². The van der Waals surface area contributed by atoms with Crippen LogP contribution in [-0.2, 0) is 17.6 Å². The van der Waals surface area contributed by atoms with E-state index in [1.165, 1.54) is 22.2 Å². The van der Waals surface area contributed by atoms with Gasteiger partial charge in [-0.15, -0.1) is 11.3 Å². The standard InChI is InChI=1S/C18H20N4OS/c1-11(23-2)9-20-17-15-13-6-3-7-14(13)24-18(15)22-16(21-17)12-5-4-8-19-10-12/h4-5,8,10-11H,3,6-7,9H2,1-2H3,(H,20,21,22). The molecule has 5 nitrogen and oxygen atoms in total. The Kier molecular flexibility index (Phi) is 4.16. The second kappa shape index (κ2) is 6.45. The Hall–Kier alpha value is -2.05. The molecule has 3 aromatic heterocycles. The lowest BCUT2D eigenvalue weighted by atomic mass is 10.1. The predicted molar refractivity (Wildman–Crippen MR) is 97.6 cm³/mol. The number of pyridine rings is 1. The summed E-state index contributed by atoms with van der Waals surface area (Å²) in [5, 5.41) is 4.67. The minimum absolute atomic E-state index is 0.128. The van der Waals surface area contributed by atoms with Crippen molar-refractivity contribution in [2.75, 3.05) is 19.0 Å². The second-order valence-electron chi connectivity index (χ2n) is 6.10. The molecule has 0 fully saturated rings. The number of thiophene rings is 1. The van der Waals surface area contributed by atoms with Gasteiger partial charge in [0.05, 0.1) is 11.5 Å². The van der Waals surface area contributed by atoms with E-state index in [0.29, 0.717) is 0 Å². The maximum absolute atomic E-state index is 5.36. The van der Waals surface area contributed by atoms with E-state index in [2.05, 4.69) is 10.3 Å². The summed E-state index contributed by atoms with van der Waals surface area (Å²) in [6.07, 6.45) is 7.22. The number of hydrogen-bond donors (Lipinski definition) is 1. The summed E-state index contributed by atoms with van der Waals surface area (Å²) >= 11 is 1.81. The third-order valence-corrected chi connectivity index (χ3v) is 5.63. The van der Waals surface area contributed by atoms with Crippen LogP contribution in [0.15, 0.2) is 24.5 Å². The number of aromatic nitrogens is 3. The Morgan fingerprint density at radius 3 is 3.04 bits per heavy atom. The van der Waals surface area contributed by atoms with Gasteiger partial charge in [0, 0.05) is 36.5 Å². The fourth-order valence-corrected chi connectivity index (χ4v) is 4.33. The van der Waals surface area contributed by atoms with Crippen molar-refractivity contribution < 1.29 is 4.74 Å². The minimum atomic E-state index is 0.128. The second-order valence-corrected chi connectivity index (χ2v) is 7.19. The molecule has 24 heavy (non-hydrogen) atoms. The molecule has 0 amide bonds. The van der Waals surface area contributed by atoms with Crippen molar-refractivity contribution in [3.63, 3.8) is 0 Å². The van der Waals surface area contributed by atoms with Crippen molar-refractivity contribution in [3.8, 4) is 11.4 Å². The normalized spacial score (nSPS) is 14.8. The van der Waals surface area contributed by atoms with E-state index in [9.17, 15) is 0 Å². The molecule has 4 rings (SSSR count). The highest BCUT2D eigenvalue weighted by Crippen LogP contribution is 2.40. The van der Waals surface area contributed by atoms with E-state index in [1.54, 1.807) is 24.6 Å². The largest absolute Gasteiger partial charge is 0.380 e. The van der Waals surface area contributed by atoms with Gasteiger partial charge < -0.3 is 10.1 Å². The quantitative estimate of drug-likeness (QED) is 0.767. The first kappa shape index (κ1) is 15.5. The third-order valence-electron chi connectivity index (χ3n) is 4.44. The van der Waals surface area contributed by atoms with E-state index in [4.69, 9.17) is 14.7 Å². The SMILES string of the molecule is COC(C)CNc1nc(-c2cccnc2)nc2sc3c(c12)CCC3. The Morgan fingerprint density at radius 1 is 1.33 bits per heavy atom. The summed E-state index contributed by atoms with van der Waals surface area (Å²) in [4.78, 5) is 16.4. The van der Waals surface area contributed by atoms with E-state index in [-0.39, 0.29) is 6.10 Å². The summed E-state index contributed by atoms with van der Waals surface area (Å²) in [5.74, 6) is 1.64. The Morgan fingerprint density at radius 2 is 2.25 bits per heavy atom. The summed E-state index contributed by atoms with van der Waals surface area (Å²) in [6, 6.07) is 3.91. The van der Waals surface area contributed by atoms with E-state index in [1.807, 2.05) is 25.3 Å². The summed E-state index contributed by atoms with van der Waals surface area (Å²) in [7, 11) is 1.73. The van der Waals surface area contributed by atoms with Crippen LogP contribution in [0.25, 0.3) is 21.6 Å². The molecule has 1 atom stereocenters. The van der Waals surface area contributed by atoms with Crippen LogP contribution < -0.4 is 5.32 Å². The van der Waals surface area contributed by atoms with Gasteiger partial charge in [0.2, 0.25) is 0 Å². The van der Waals surface area contributed by atoms with E-state index < -0.39 is 0 Å². The van der Waals surface area contributed by atoms with Gasteiger partial charge in [0.25, 0.3) is 0 Å². The number of hydrogen-bond acceptors (Lipinski definition) is 6. The molecule has 0 aromatic carbocycles. The average molecular weight is 340 g/mol. The highest BCUT2D eigenvalue weighted by molar-refractivity contribution is 7.19. The Balaban J connectivity index is 1.82. The lowest BCUT2D eigenvalue weighted by Crippen LogP contribution is -2.19. The Bertz CT molecular complexity index is 862. The van der Waals surface area contributed by atoms with Crippen LogP contribution in [0.2, 0.25) is 0 Å². The topological polar surface area (TPSA) is 59.9 Å². The summed E-state index contributed by atoms with van der Waals surface area (Å²) < 4.78 is 5.36. The molecule has 1 N–H and O–H groups in total. The van der Waals surface area contributed by atoms with Gasteiger partial charge in [-0.25, -0.2) is 9.97 Å². The molecule has 1 aliphatic rings. The molecule has 124 valence electrons. The summed E-state index contributed by atoms with van der Waals surface area (Å²) in [5.41, 5.74) is 2.37. The van der Waals surface area contributed by atoms with Crippen LogP contribution in [0.4, 0.5) is 5.82 Å². The van der Waals surface area contributed by atoms with Crippen LogP contribution >= 0.6 is 11.3 Å². The molecule has 0 bridgehead atoms. The van der Waals surface area contributed by atoms with Crippen LogP contribution in [0.5, 0.6) is 0 Å². The highest BCUT2D eigenvalue weighted by Gasteiger charge is 2.22. The number of anilines is 1. The molecule has 0 saturated heterocycles. The number of rotatable bonds is 5. The highest BCUT2D eigenvalue weighted by atomic mass is 32.1. The molecule has 0 radical (unpaired) electrons. The van der Waals surface area contributed by atoms with Crippen molar-refractivity contribution in [1.82, 2.24) is 15.0 Å². The number of fused-ring (bicyclic) bond motifs is 3. The number of nitrogens with one attached hydrogen (secondary N) is 1. The van der Waals surface area contributed by atoms with Crippen LogP contribution in [0.1, 0.15) is 23.8 Å². The molecule has 0 spiro atoms. The van der Waals surface area contributed by atoms with Gasteiger partial charge in [-0.1, -0.05) is 0 Å². The fourth-order valence-electron chi connectivity index (χ4n) is 3.07. The number of ether oxygens (including phenoxy) is 1. The first-order chi connectivity index (χ1) is 11.8. The van der Waals surface area contributed by atoms with Crippen molar-refractivity contribution >= 4 is 27.4 Å². The van der Waals surface area contributed by atoms with Gasteiger partial charge in [-0.2, -0.15) is 0 Å². The molecular formula is C18H20N4OS. The average Bonchev–Trinajstić information content (AvgIpc) is 3.20. The van der Waals surface area contributed by atoms with Crippen molar-refractivity contribution in [2.24, 2.45) is 0 Å². The van der Waals surface area contributed by atoms with E-state index >= 15 is 0 Å². The van der Waals surface area contributed by atoms with Crippen molar-refractivity contribution in [2.45, 2.75) is 32.3 Å². The third kappa shape index (κ3) is 2.76. The Labute approximate surface area is 145 Å². The number of nitrogens with zero attached hydrogens (tertiary/aromatic N) is 3. The first-order valence-corrected chi connectivity index (χ1v) is 9.07. The van der Waals surface area contributed by atoms with Crippen LogP contribution in [0.3, 0.4) is 0 Å². The van der Waals surface area contributed by atoms with Gasteiger partial charge in [-0.05, 0) is 43.9 Å². The molecule has 1 unspecified atom stereocenters. The van der Waals surface area contributed by atoms with Crippen molar-refractivity contribution in [1.29, 1.82) is 0 Å². The van der Waals surface area contributed by atoms with Crippen LogP contribution in [-0.4, -0.2) is 34.7 Å². The van der Waals surface area contributed by atoms with E-state index in [0.717, 1.165) is 41.4 Å². The first-order valence-electron chi connectivity index (χ1n) is 8.25. The van der Waals surface area contributed by atoms with Gasteiger partial charge in [-0.3, -0.25) is 4.98 Å². The molecule has 3 aromatic rings. The maximum Gasteiger partial charge on any atom is 0.164 e. The zero-order valence-electron chi connectivity index (χ0n) is 13.9. The zero-order chi connectivity index (χ0) is 16.5. The lowest BCUT2D eigenvalue weighted by molar-refractivity contribution is 0.128. The van der Waals surface area contributed by atoms with Crippen LogP contribution in [0, 0.1) is 0 Å². The lowest BCUT2D eigenvalue weighted by Gasteiger charge is -2.13. The molecule has 6 heteroatoms. The minimum Gasteiger partial charge on any atom is -0.380 e. The zero-order valence-corrected chi connectivity index (χ0v) is 14.7. The smallest absolute Gasteiger partial charge is 0.164 e. The molecule has 1 aliphatic carbocycles. The fraction of sp³-hybridized carbons (Fsp3) is 0.389. The molecule has 0 saturated carbocycles. The number of methoxy groups -OCH3 is 1. The van der Waals surface area contributed by atoms with Gasteiger partial charge in [0.15, 0.2) is 5.82 Å². The predicted octanol–water partition coefficient (Wildman–Crippen LogP) is 3.69. The molecule has 3 heterocycles. The number of aryl methyl sites for hydroxylation is 2.